The molecule has 0 rings (SSSR count). The van der Waals surface area contributed by atoms with Crippen LogP contribution in [0.4, 0.5) is 0 Å². The van der Waals surface area contributed by atoms with E-state index in [4.69, 9.17) is 0 Å². The molecule has 0 spiro atoms. The summed E-state index contributed by atoms with van der Waals surface area (Å²) < 4.78 is 0. The third kappa shape index (κ3) is 3.46. The van der Waals surface area contributed by atoms with Gasteiger partial charge in [-0.25, -0.2) is 5.90 Å². The Bertz CT molecular complexity index is 37.8. The molecule has 0 amide bonds. The molecule has 0 aromatic heterocycles. The molecule has 0 aromatic carbocycles. The van der Waals surface area contributed by atoms with Crippen molar-refractivity contribution in [3.63, 3.8) is 0 Å². The lowest BCUT2D eigenvalue weighted by Gasteiger charge is -1.91. The normalized spacial score (nSPS) is 7.50. The zero-order chi connectivity index (χ0) is 4.83. The summed E-state index contributed by atoms with van der Waals surface area (Å²) in [4.78, 5) is 4.10. The molecule has 0 unspecified atom stereocenters. The van der Waals surface area contributed by atoms with Crippen LogP contribution in [0.3, 0.4) is 0 Å². The zero-order valence-electron chi connectivity index (χ0n) is 3.48. The molecule has 0 saturated carbocycles. The smallest absolute Gasteiger partial charge is 0.137 e. The molecule has 0 heterocycles. The molecule has 0 aliphatic heterocycles. The summed E-state index contributed by atoms with van der Waals surface area (Å²) in [6.07, 6.45) is 1.51. The van der Waals surface area contributed by atoms with Crippen molar-refractivity contribution < 1.29 is 4.84 Å². The average molecular weight is 88.1 g/mol. The summed E-state index contributed by atoms with van der Waals surface area (Å²) >= 11 is 0. The van der Waals surface area contributed by atoms with E-state index in [-0.39, 0.29) is 0 Å². The monoisotopic (exact) mass is 88.1 g/mol. The van der Waals surface area contributed by atoms with Gasteiger partial charge in [-0.3, -0.25) is 4.84 Å². The Labute approximate surface area is 36.7 Å². The molecule has 3 nitrogen and oxygen atoms in total. The summed E-state index contributed by atoms with van der Waals surface area (Å²) in [6.45, 7) is 3.67. The van der Waals surface area contributed by atoms with Crippen LogP contribution in [0.15, 0.2) is 12.8 Å². The molecule has 6 heavy (non-hydrogen) atoms. The third-order valence-corrected chi connectivity index (χ3v) is 0.311. The van der Waals surface area contributed by atoms with Crippen molar-refractivity contribution in [1.82, 2.24) is 5.32 Å². The number of nitrogens with two attached hydrogens (primary N) is 1. The molecule has 3 N–H and O–H groups in total. The predicted octanol–water partition coefficient (Wildman–Crippen LogP) is -0.433. The van der Waals surface area contributed by atoms with Crippen molar-refractivity contribution >= 4 is 0 Å². The summed E-state index contributed by atoms with van der Waals surface area (Å²) in [7, 11) is 0. The molecular weight excluding hydrogens is 80.0 g/mol. The fourth-order valence-corrected chi connectivity index (χ4v) is 0.107. The largest absolute Gasteiger partial charge is 0.368 e. The van der Waals surface area contributed by atoms with E-state index in [1.807, 2.05) is 0 Å². The number of nitrogens with one attached hydrogen (secondary N) is 1. The Kier molecular flexibility index (Phi) is 4.06. The van der Waals surface area contributed by atoms with Gasteiger partial charge in [-0.15, -0.1) is 0 Å². The van der Waals surface area contributed by atoms with Crippen molar-refractivity contribution in [1.29, 1.82) is 0 Å². The van der Waals surface area contributed by atoms with Crippen LogP contribution in [0.25, 0.3) is 0 Å². The van der Waals surface area contributed by atoms with Crippen molar-refractivity contribution in [2.24, 2.45) is 5.90 Å². The predicted molar refractivity (Wildman–Crippen MR) is 23.5 cm³/mol. The highest BCUT2D eigenvalue weighted by molar-refractivity contribution is 4.57. The third-order valence-electron chi connectivity index (χ3n) is 0.311. The van der Waals surface area contributed by atoms with Gasteiger partial charge in [0, 0.05) is 0 Å². The molecule has 36 valence electrons. The Morgan fingerprint density at radius 3 is 2.83 bits per heavy atom. The van der Waals surface area contributed by atoms with Gasteiger partial charge in [0.25, 0.3) is 0 Å². The maximum atomic E-state index is 4.60. The lowest BCUT2D eigenvalue weighted by atomic mass is 11.0. The molecule has 0 aromatic rings. The lowest BCUT2D eigenvalue weighted by molar-refractivity contribution is 0.129. The molecular formula is C3H8N2O. The molecule has 0 fully saturated rings. The van der Waals surface area contributed by atoms with Crippen LogP contribution >= 0.6 is 0 Å². The molecule has 0 atom stereocenters. The SMILES string of the molecule is C=CNCON. The second kappa shape index (κ2) is 4.46. The highest BCUT2D eigenvalue weighted by Crippen LogP contribution is 1.50. The number of hydrogen-bond donors (Lipinski definition) is 2. The van der Waals surface area contributed by atoms with Crippen LogP contribution in [0.5, 0.6) is 0 Å². The van der Waals surface area contributed by atoms with E-state index in [0.717, 1.165) is 0 Å². The number of rotatable bonds is 3. The first-order valence-corrected chi connectivity index (χ1v) is 1.57. The molecule has 0 radical (unpaired) electrons. The topological polar surface area (TPSA) is 47.3 Å². The van der Waals surface area contributed by atoms with Crippen LogP contribution in [0, 0.1) is 0 Å². The highest BCUT2D eigenvalue weighted by atomic mass is 16.6. The first kappa shape index (κ1) is 5.46. The van der Waals surface area contributed by atoms with Crippen molar-refractivity contribution in [2.75, 3.05) is 6.73 Å². The zero-order valence-corrected chi connectivity index (χ0v) is 3.48. The quantitative estimate of drug-likeness (QED) is 0.279. The van der Waals surface area contributed by atoms with Gasteiger partial charge < -0.3 is 5.32 Å². The lowest BCUT2D eigenvalue weighted by Crippen LogP contribution is -2.13. The van der Waals surface area contributed by atoms with E-state index in [2.05, 4.69) is 22.6 Å². The Morgan fingerprint density at radius 1 is 2.00 bits per heavy atom. The fourth-order valence-electron chi connectivity index (χ4n) is 0.107. The van der Waals surface area contributed by atoms with E-state index >= 15 is 0 Å². The van der Waals surface area contributed by atoms with Gasteiger partial charge >= 0.3 is 0 Å². The molecule has 0 aliphatic rings. The maximum Gasteiger partial charge on any atom is 0.137 e. The van der Waals surface area contributed by atoms with Crippen LogP contribution < -0.4 is 11.2 Å². The van der Waals surface area contributed by atoms with Gasteiger partial charge in [0.2, 0.25) is 0 Å². The van der Waals surface area contributed by atoms with E-state index in [1.54, 1.807) is 0 Å². The minimum absolute atomic E-state index is 0.323. The molecule has 0 bridgehead atoms. The van der Waals surface area contributed by atoms with Crippen molar-refractivity contribution in [3.8, 4) is 0 Å². The molecule has 0 saturated heterocycles. The highest BCUT2D eigenvalue weighted by Gasteiger charge is 1.64. The second-order valence-corrected chi connectivity index (χ2v) is 0.719. The fraction of sp³-hybridized carbons (Fsp3) is 0.333. The van der Waals surface area contributed by atoms with Crippen LogP contribution in [0.1, 0.15) is 0 Å². The minimum atomic E-state index is 0.323. The standard InChI is InChI=1S/C3H8N2O/c1-2-5-3-6-4/h2,5H,1,3-4H2. The Hall–Kier alpha value is -0.540. The first-order chi connectivity index (χ1) is 2.91. The minimum Gasteiger partial charge on any atom is -0.368 e. The first-order valence-electron chi connectivity index (χ1n) is 1.57. The maximum absolute atomic E-state index is 4.60. The van der Waals surface area contributed by atoms with Crippen molar-refractivity contribution in [3.05, 3.63) is 12.8 Å². The number of hydrogen-bond acceptors (Lipinski definition) is 3. The Morgan fingerprint density at radius 2 is 2.67 bits per heavy atom. The van der Waals surface area contributed by atoms with Gasteiger partial charge in [-0.2, -0.15) is 0 Å². The Balaban J connectivity index is 2.49. The van der Waals surface area contributed by atoms with Crippen LogP contribution in [-0.4, -0.2) is 6.73 Å². The summed E-state index contributed by atoms with van der Waals surface area (Å²) in [5.41, 5.74) is 0. The van der Waals surface area contributed by atoms with Gasteiger partial charge in [0.1, 0.15) is 6.73 Å². The van der Waals surface area contributed by atoms with Crippen LogP contribution in [0.2, 0.25) is 0 Å². The molecule has 3 heteroatoms. The van der Waals surface area contributed by atoms with Gasteiger partial charge in [0.05, 0.1) is 0 Å². The van der Waals surface area contributed by atoms with Crippen LogP contribution in [-0.2, 0) is 4.84 Å². The van der Waals surface area contributed by atoms with E-state index < -0.39 is 0 Å². The summed E-state index contributed by atoms with van der Waals surface area (Å²) in [6, 6.07) is 0. The summed E-state index contributed by atoms with van der Waals surface area (Å²) in [5, 5.41) is 2.61. The molecule has 0 aliphatic carbocycles. The average Bonchev–Trinajstić information content (AvgIpc) is 1.61. The van der Waals surface area contributed by atoms with Gasteiger partial charge in [-0.05, 0) is 6.20 Å². The van der Waals surface area contributed by atoms with Gasteiger partial charge in [-0.1, -0.05) is 6.58 Å². The van der Waals surface area contributed by atoms with Crippen molar-refractivity contribution in [2.45, 2.75) is 0 Å². The van der Waals surface area contributed by atoms with E-state index in [9.17, 15) is 0 Å². The van der Waals surface area contributed by atoms with Gasteiger partial charge in [0.15, 0.2) is 0 Å². The van der Waals surface area contributed by atoms with E-state index in [0.29, 0.717) is 6.73 Å². The van der Waals surface area contributed by atoms with E-state index in [1.165, 1.54) is 6.20 Å². The second-order valence-electron chi connectivity index (χ2n) is 0.719. The summed E-state index contributed by atoms with van der Waals surface area (Å²) in [5.74, 6) is 4.60.